The molecule has 1 aliphatic heterocycles. The van der Waals surface area contributed by atoms with Gasteiger partial charge in [-0.3, -0.25) is 9.69 Å². The van der Waals surface area contributed by atoms with Crippen LogP contribution in [0.25, 0.3) is 0 Å². The molecule has 1 heterocycles. The number of para-hydroxylation sites is 1. The quantitative estimate of drug-likeness (QED) is 0.880. The van der Waals surface area contributed by atoms with Gasteiger partial charge in [-0.2, -0.15) is 0 Å². The number of hydrogen-bond donors (Lipinski definition) is 2. The van der Waals surface area contributed by atoms with Crippen LogP contribution in [-0.2, 0) is 13.0 Å². The lowest BCUT2D eigenvalue weighted by molar-refractivity contribution is 0.0901. The van der Waals surface area contributed by atoms with Crippen molar-refractivity contribution >= 4 is 5.91 Å². The van der Waals surface area contributed by atoms with Gasteiger partial charge >= 0.3 is 0 Å². The van der Waals surface area contributed by atoms with Crippen LogP contribution < -0.4 is 5.32 Å². The molecular weight excluding hydrogens is 312 g/mol. The minimum atomic E-state index is -0.221. The van der Waals surface area contributed by atoms with E-state index in [-0.39, 0.29) is 17.7 Å². The molecule has 2 aromatic carbocycles. The minimum Gasteiger partial charge on any atom is -0.507 e. The molecule has 0 radical (unpaired) electrons. The molecule has 1 unspecified atom stereocenters. The monoisotopic (exact) mass is 338 g/mol. The number of aromatic hydroxyl groups is 1. The number of carbonyl (C=O) groups excluding carboxylic acids is 1. The van der Waals surface area contributed by atoms with Crippen molar-refractivity contribution in [2.24, 2.45) is 5.92 Å². The lowest BCUT2D eigenvalue weighted by Gasteiger charge is -2.38. The van der Waals surface area contributed by atoms with Crippen LogP contribution in [0.15, 0.2) is 48.5 Å². The molecule has 2 N–H and O–H groups in total. The SMILES string of the molecule is CC(C)C(CNC(=O)c1ccccc1O)N1CCc2ccccc2C1. The van der Waals surface area contributed by atoms with E-state index in [1.54, 1.807) is 18.2 Å². The van der Waals surface area contributed by atoms with Crippen LogP contribution in [0.5, 0.6) is 5.75 Å². The Hall–Kier alpha value is -2.33. The zero-order valence-electron chi connectivity index (χ0n) is 14.9. The van der Waals surface area contributed by atoms with Gasteiger partial charge in [-0.15, -0.1) is 0 Å². The Balaban J connectivity index is 1.66. The lowest BCUT2D eigenvalue weighted by atomic mass is 9.95. The van der Waals surface area contributed by atoms with E-state index >= 15 is 0 Å². The molecule has 0 bridgehead atoms. The van der Waals surface area contributed by atoms with Crippen molar-refractivity contribution in [1.29, 1.82) is 0 Å². The highest BCUT2D eigenvalue weighted by Gasteiger charge is 2.26. The largest absolute Gasteiger partial charge is 0.507 e. The van der Waals surface area contributed by atoms with E-state index in [9.17, 15) is 9.90 Å². The lowest BCUT2D eigenvalue weighted by Crippen LogP contribution is -2.48. The van der Waals surface area contributed by atoms with Gasteiger partial charge < -0.3 is 10.4 Å². The van der Waals surface area contributed by atoms with Crippen molar-refractivity contribution in [2.45, 2.75) is 32.9 Å². The molecule has 0 aromatic heterocycles. The molecule has 4 heteroatoms. The number of hydrogen-bond acceptors (Lipinski definition) is 3. The van der Waals surface area contributed by atoms with Crippen LogP contribution in [0.4, 0.5) is 0 Å². The Labute approximate surface area is 149 Å². The summed E-state index contributed by atoms with van der Waals surface area (Å²) >= 11 is 0. The molecule has 0 saturated carbocycles. The number of nitrogens with one attached hydrogen (secondary N) is 1. The fourth-order valence-corrected chi connectivity index (χ4v) is 3.55. The standard InChI is InChI=1S/C21H26N2O2/c1-15(2)19(13-22-21(25)18-9-5-6-10-20(18)24)23-12-11-16-7-3-4-8-17(16)14-23/h3-10,15,19,24H,11-14H2,1-2H3,(H,22,25). The summed E-state index contributed by atoms with van der Waals surface area (Å²) in [6, 6.07) is 15.5. The molecule has 132 valence electrons. The summed E-state index contributed by atoms with van der Waals surface area (Å²) in [6.45, 7) is 6.89. The third kappa shape index (κ3) is 4.02. The number of amides is 1. The van der Waals surface area contributed by atoms with Gasteiger partial charge in [-0.05, 0) is 35.6 Å². The summed E-state index contributed by atoms with van der Waals surface area (Å²) in [5.41, 5.74) is 3.14. The zero-order valence-corrected chi connectivity index (χ0v) is 14.9. The highest BCUT2D eigenvalue weighted by Crippen LogP contribution is 2.23. The maximum Gasteiger partial charge on any atom is 0.255 e. The van der Waals surface area contributed by atoms with Crippen molar-refractivity contribution in [3.05, 3.63) is 65.2 Å². The van der Waals surface area contributed by atoms with Crippen LogP contribution in [-0.4, -0.2) is 35.0 Å². The molecule has 0 aliphatic carbocycles. The molecule has 25 heavy (non-hydrogen) atoms. The fraction of sp³-hybridized carbons (Fsp3) is 0.381. The number of rotatable bonds is 5. The molecule has 1 amide bonds. The summed E-state index contributed by atoms with van der Waals surface area (Å²) in [7, 11) is 0. The Morgan fingerprint density at radius 3 is 2.52 bits per heavy atom. The van der Waals surface area contributed by atoms with E-state index in [2.05, 4.69) is 48.3 Å². The number of nitrogens with zero attached hydrogens (tertiary/aromatic N) is 1. The van der Waals surface area contributed by atoms with Crippen LogP contribution >= 0.6 is 0 Å². The van der Waals surface area contributed by atoms with Gasteiger partial charge in [0.25, 0.3) is 5.91 Å². The van der Waals surface area contributed by atoms with Crippen molar-refractivity contribution in [3.8, 4) is 5.75 Å². The second-order valence-corrected chi connectivity index (χ2v) is 7.03. The van der Waals surface area contributed by atoms with Crippen molar-refractivity contribution in [1.82, 2.24) is 10.2 Å². The molecule has 2 aromatic rings. The van der Waals surface area contributed by atoms with Crippen LogP contribution in [0.2, 0.25) is 0 Å². The zero-order chi connectivity index (χ0) is 17.8. The van der Waals surface area contributed by atoms with Gasteiger partial charge in [0.05, 0.1) is 5.56 Å². The summed E-state index contributed by atoms with van der Waals surface area (Å²) in [5, 5.41) is 12.8. The topological polar surface area (TPSA) is 52.6 Å². The Morgan fingerprint density at radius 2 is 1.80 bits per heavy atom. The average Bonchev–Trinajstić information content (AvgIpc) is 2.61. The fourth-order valence-electron chi connectivity index (χ4n) is 3.55. The number of phenolic OH excluding ortho intramolecular Hbond substituents is 1. The molecule has 0 spiro atoms. The number of phenols is 1. The predicted octanol–water partition coefficient (Wildman–Crippen LogP) is 3.20. The van der Waals surface area contributed by atoms with Gasteiger partial charge in [-0.25, -0.2) is 0 Å². The first-order chi connectivity index (χ1) is 12.1. The summed E-state index contributed by atoms with van der Waals surface area (Å²) in [6.07, 6.45) is 1.05. The van der Waals surface area contributed by atoms with Crippen LogP contribution in [0.1, 0.15) is 35.3 Å². The molecule has 3 rings (SSSR count). The van der Waals surface area contributed by atoms with Crippen LogP contribution in [0, 0.1) is 5.92 Å². The Bertz CT molecular complexity index is 742. The van der Waals surface area contributed by atoms with Gasteiger partial charge in [0.1, 0.15) is 5.75 Å². The first-order valence-electron chi connectivity index (χ1n) is 8.93. The smallest absolute Gasteiger partial charge is 0.255 e. The van der Waals surface area contributed by atoms with Crippen LogP contribution in [0.3, 0.4) is 0 Å². The Kier molecular flexibility index (Phi) is 5.39. The molecule has 4 nitrogen and oxygen atoms in total. The first kappa shape index (κ1) is 17.5. The molecule has 1 atom stereocenters. The molecular formula is C21H26N2O2. The summed E-state index contributed by atoms with van der Waals surface area (Å²) < 4.78 is 0. The molecule has 0 fully saturated rings. The predicted molar refractivity (Wildman–Crippen MR) is 99.6 cm³/mol. The highest BCUT2D eigenvalue weighted by atomic mass is 16.3. The third-order valence-electron chi connectivity index (χ3n) is 5.02. The van der Waals surface area contributed by atoms with Gasteiger partial charge in [-0.1, -0.05) is 50.2 Å². The number of fused-ring (bicyclic) bond motifs is 1. The van der Waals surface area contributed by atoms with E-state index in [0.717, 1.165) is 19.5 Å². The maximum absolute atomic E-state index is 12.4. The highest BCUT2D eigenvalue weighted by molar-refractivity contribution is 5.96. The molecule has 0 saturated heterocycles. The van der Waals surface area contributed by atoms with Gasteiger partial charge in [0, 0.05) is 25.7 Å². The third-order valence-corrected chi connectivity index (χ3v) is 5.02. The van der Waals surface area contributed by atoms with E-state index in [4.69, 9.17) is 0 Å². The first-order valence-corrected chi connectivity index (χ1v) is 8.93. The normalized spacial score (nSPS) is 15.6. The maximum atomic E-state index is 12.4. The van der Waals surface area contributed by atoms with Crippen molar-refractivity contribution in [2.75, 3.05) is 13.1 Å². The Morgan fingerprint density at radius 1 is 1.12 bits per heavy atom. The minimum absolute atomic E-state index is 0.0213. The second kappa shape index (κ2) is 7.70. The second-order valence-electron chi connectivity index (χ2n) is 7.03. The van der Waals surface area contributed by atoms with Gasteiger partial charge in [0.2, 0.25) is 0 Å². The van der Waals surface area contributed by atoms with E-state index < -0.39 is 0 Å². The van der Waals surface area contributed by atoms with E-state index in [1.165, 1.54) is 17.2 Å². The van der Waals surface area contributed by atoms with Crippen molar-refractivity contribution in [3.63, 3.8) is 0 Å². The number of benzene rings is 2. The average molecular weight is 338 g/mol. The number of carbonyl (C=O) groups is 1. The molecule has 1 aliphatic rings. The van der Waals surface area contributed by atoms with E-state index in [0.29, 0.717) is 18.0 Å². The van der Waals surface area contributed by atoms with Gasteiger partial charge in [0.15, 0.2) is 0 Å². The van der Waals surface area contributed by atoms with Crippen molar-refractivity contribution < 1.29 is 9.90 Å². The van der Waals surface area contributed by atoms with E-state index in [1.807, 2.05) is 0 Å². The summed E-state index contributed by atoms with van der Waals surface area (Å²) in [5.74, 6) is 0.226. The summed E-state index contributed by atoms with van der Waals surface area (Å²) in [4.78, 5) is 14.8.